The summed E-state index contributed by atoms with van der Waals surface area (Å²) in [7, 11) is 1.80. The van der Waals surface area contributed by atoms with E-state index in [1.807, 2.05) is 18.2 Å². The van der Waals surface area contributed by atoms with Crippen molar-refractivity contribution in [1.82, 2.24) is 10.6 Å². The van der Waals surface area contributed by atoms with Crippen molar-refractivity contribution < 1.29 is 14.2 Å². The van der Waals surface area contributed by atoms with Crippen LogP contribution in [-0.2, 0) is 34.0 Å². The minimum atomic E-state index is 0.587. The largest absolute Gasteiger partial charge is 0.381 e. The second-order valence-electron chi connectivity index (χ2n) is 8.08. The third kappa shape index (κ3) is 8.99. The van der Waals surface area contributed by atoms with Crippen LogP contribution < -0.4 is 10.6 Å². The van der Waals surface area contributed by atoms with Gasteiger partial charge in [0.15, 0.2) is 5.96 Å². The van der Waals surface area contributed by atoms with Gasteiger partial charge in [-0.1, -0.05) is 54.6 Å². The van der Waals surface area contributed by atoms with Crippen molar-refractivity contribution in [2.45, 2.75) is 39.0 Å². The lowest BCUT2D eigenvalue weighted by Crippen LogP contribution is -2.37. The second kappa shape index (κ2) is 14.6. The van der Waals surface area contributed by atoms with Crippen LogP contribution in [0.15, 0.2) is 59.6 Å². The molecule has 32 heavy (non-hydrogen) atoms. The average molecular weight is 440 g/mol. The molecule has 0 radical (unpaired) electrons. The fourth-order valence-corrected chi connectivity index (χ4v) is 3.67. The molecule has 6 nitrogen and oxygen atoms in total. The summed E-state index contributed by atoms with van der Waals surface area (Å²) < 4.78 is 17.2. The van der Waals surface area contributed by atoms with Crippen molar-refractivity contribution in [3.05, 3.63) is 71.3 Å². The summed E-state index contributed by atoms with van der Waals surface area (Å²) in [5, 5.41) is 6.78. The Morgan fingerprint density at radius 3 is 2.47 bits per heavy atom. The average Bonchev–Trinajstić information content (AvgIpc) is 2.85. The summed E-state index contributed by atoms with van der Waals surface area (Å²) in [6.07, 6.45) is 3.19. The van der Waals surface area contributed by atoms with Crippen LogP contribution >= 0.6 is 0 Å². The predicted molar refractivity (Wildman–Crippen MR) is 129 cm³/mol. The number of rotatable bonds is 12. The molecule has 1 saturated heterocycles. The van der Waals surface area contributed by atoms with Crippen molar-refractivity contribution in [3.63, 3.8) is 0 Å². The predicted octanol–water partition coefficient (Wildman–Crippen LogP) is 3.90. The Morgan fingerprint density at radius 1 is 0.938 bits per heavy atom. The van der Waals surface area contributed by atoms with Gasteiger partial charge in [0.2, 0.25) is 0 Å². The molecule has 0 atom stereocenters. The normalized spacial score (nSPS) is 15.0. The van der Waals surface area contributed by atoms with Gasteiger partial charge in [0.25, 0.3) is 0 Å². The van der Waals surface area contributed by atoms with Crippen LogP contribution in [0.5, 0.6) is 0 Å². The Bertz CT molecular complexity index is 792. The molecule has 0 saturated carbocycles. The van der Waals surface area contributed by atoms with Crippen LogP contribution in [0, 0.1) is 5.92 Å². The minimum Gasteiger partial charge on any atom is -0.381 e. The molecule has 174 valence electrons. The van der Waals surface area contributed by atoms with Gasteiger partial charge < -0.3 is 24.8 Å². The maximum absolute atomic E-state index is 5.93. The number of hydrogen-bond donors (Lipinski definition) is 2. The molecule has 0 unspecified atom stereocenters. The first-order valence-corrected chi connectivity index (χ1v) is 11.6. The van der Waals surface area contributed by atoms with E-state index < -0.39 is 0 Å². The highest BCUT2D eigenvalue weighted by atomic mass is 16.5. The molecule has 2 N–H and O–H groups in total. The SMILES string of the molecule is CN=C(NCCCOCC1CCOCC1)NCc1ccccc1COCc1ccccc1. The molecule has 0 spiro atoms. The lowest BCUT2D eigenvalue weighted by Gasteiger charge is -2.21. The van der Waals surface area contributed by atoms with Gasteiger partial charge in [-0.2, -0.15) is 0 Å². The van der Waals surface area contributed by atoms with Crippen LogP contribution in [0.1, 0.15) is 36.0 Å². The number of benzene rings is 2. The highest BCUT2D eigenvalue weighted by molar-refractivity contribution is 5.79. The van der Waals surface area contributed by atoms with Crippen molar-refractivity contribution >= 4 is 5.96 Å². The smallest absolute Gasteiger partial charge is 0.191 e. The van der Waals surface area contributed by atoms with Crippen LogP contribution in [0.4, 0.5) is 0 Å². The summed E-state index contributed by atoms with van der Waals surface area (Å²) in [5.74, 6) is 1.46. The summed E-state index contributed by atoms with van der Waals surface area (Å²) in [6.45, 7) is 6.09. The Kier molecular flexibility index (Phi) is 11.1. The first kappa shape index (κ1) is 24.2. The molecule has 6 heteroatoms. The molecule has 0 aliphatic carbocycles. The molecule has 3 rings (SSSR count). The van der Waals surface area contributed by atoms with Gasteiger partial charge in [0.1, 0.15) is 0 Å². The van der Waals surface area contributed by atoms with E-state index in [-0.39, 0.29) is 0 Å². The third-order valence-electron chi connectivity index (χ3n) is 5.61. The minimum absolute atomic E-state index is 0.587. The zero-order valence-electron chi connectivity index (χ0n) is 19.2. The summed E-state index contributed by atoms with van der Waals surface area (Å²) in [4.78, 5) is 4.33. The van der Waals surface area contributed by atoms with E-state index in [4.69, 9.17) is 14.2 Å². The number of guanidine groups is 1. The molecule has 2 aromatic rings. The number of nitrogens with one attached hydrogen (secondary N) is 2. The number of hydrogen-bond acceptors (Lipinski definition) is 4. The van der Waals surface area contributed by atoms with E-state index in [2.05, 4.69) is 52.0 Å². The number of nitrogens with zero attached hydrogens (tertiary/aromatic N) is 1. The maximum atomic E-state index is 5.93. The van der Waals surface area contributed by atoms with Crippen LogP contribution in [0.25, 0.3) is 0 Å². The van der Waals surface area contributed by atoms with Crippen molar-refractivity contribution in [2.75, 3.05) is 40.0 Å². The molecule has 0 aromatic heterocycles. The fourth-order valence-electron chi connectivity index (χ4n) is 3.67. The Balaban J connectivity index is 1.32. The van der Waals surface area contributed by atoms with E-state index in [9.17, 15) is 0 Å². The first-order valence-electron chi connectivity index (χ1n) is 11.6. The van der Waals surface area contributed by atoms with Crippen molar-refractivity contribution in [3.8, 4) is 0 Å². The lowest BCUT2D eigenvalue weighted by molar-refractivity contribution is 0.0203. The van der Waals surface area contributed by atoms with Gasteiger partial charge >= 0.3 is 0 Å². The first-order chi connectivity index (χ1) is 15.8. The monoisotopic (exact) mass is 439 g/mol. The molecule has 1 heterocycles. The zero-order valence-corrected chi connectivity index (χ0v) is 19.2. The molecule has 0 bridgehead atoms. The van der Waals surface area contributed by atoms with E-state index >= 15 is 0 Å². The van der Waals surface area contributed by atoms with Gasteiger partial charge in [-0.05, 0) is 41.9 Å². The van der Waals surface area contributed by atoms with E-state index in [1.54, 1.807) is 7.05 Å². The maximum Gasteiger partial charge on any atom is 0.191 e. The van der Waals surface area contributed by atoms with Gasteiger partial charge in [-0.3, -0.25) is 4.99 Å². The van der Waals surface area contributed by atoms with Crippen molar-refractivity contribution in [2.24, 2.45) is 10.9 Å². The van der Waals surface area contributed by atoms with E-state index in [1.165, 1.54) is 16.7 Å². The molecule has 0 amide bonds. The van der Waals surface area contributed by atoms with E-state index in [0.717, 1.165) is 58.2 Å². The van der Waals surface area contributed by atoms with Gasteiger partial charge in [0.05, 0.1) is 13.2 Å². The second-order valence-corrected chi connectivity index (χ2v) is 8.08. The van der Waals surface area contributed by atoms with Crippen LogP contribution in [0.3, 0.4) is 0 Å². The number of ether oxygens (including phenoxy) is 3. The van der Waals surface area contributed by atoms with Gasteiger partial charge in [-0.25, -0.2) is 0 Å². The Morgan fingerprint density at radius 2 is 1.69 bits per heavy atom. The lowest BCUT2D eigenvalue weighted by atomic mass is 10.0. The standard InChI is InChI=1S/C26H37N3O3/c1-27-26(28-14-7-15-31-19-23-12-16-30-17-13-23)29-18-24-10-5-6-11-25(24)21-32-20-22-8-3-2-4-9-22/h2-6,8-11,23H,7,12-21H2,1H3,(H2,27,28,29). The fraction of sp³-hybridized carbons (Fsp3) is 0.500. The van der Waals surface area contributed by atoms with E-state index in [0.29, 0.717) is 25.7 Å². The third-order valence-corrected chi connectivity index (χ3v) is 5.61. The van der Waals surface area contributed by atoms with Gasteiger partial charge in [0, 0.05) is 46.6 Å². The van der Waals surface area contributed by atoms with Crippen LogP contribution in [-0.4, -0.2) is 46.0 Å². The summed E-state index contributed by atoms with van der Waals surface area (Å²) in [5.41, 5.74) is 3.58. The quantitative estimate of drug-likeness (QED) is 0.298. The molecular weight excluding hydrogens is 402 g/mol. The number of aliphatic imine (C=N–C) groups is 1. The summed E-state index contributed by atoms with van der Waals surface area (Å²) in [6, 6.07) is 18.6. The molecule has 1 fully saturated rings. The molecule has 2 aromatic carbocycles. The zero-order chi connectivity index (χ0) is 22.3. The molecular formula is C26H37N3O3. The Labute approximate surface area is 192 Å². The van der Waals surface area contributed by atoms with Crippen molar-refractivity contribution in [1.29, 1.82) is 0 Å². The Hall–Kier alpha value is -2.41. The van der Waals surface area contributed by atoms with Gasteiger partial charge in [-0.15, -0.1) is 0 Å². The van der Waals surface area contributed by atoms with Crippen LogP contribution in [0.2, 0.25) is 0 Å². The highest BCUT2D eigenvalue weighted by Crippen LogP contribution is 2.14. The molecule has 1 aliphatic rings. The highest BCUT2D eigenvalue weighted by Gasteiger charge is 2.13. The molecule has 1 aliphatic heterocycles. The summed E-state index contributed by atoms with van der Waals surface area (Å²) >= 11 is 0. The topological polar surface area (TPSA) is 64.1 Å².